The lowest BCUT2D eigenvalue weighted by Crippen LogP contribution is -2.31. The first-order valence-electron chi connectivity index (χ1n) is 8.39. The molecule has 128 valence electrons. The Morgan fingerprint density at radius 2 is 2.04 bits per heavy atom. The molecule has 0 aliphatic carbocycles. The van der Waals surface area contributed by atoms with Gasteiger partial charge in [0.05, 0.1) is 10.8 Å². The van der Waals surface area contributed by atoms with Crippen LogP contribution in [0.25, 0.3) is 0 Å². The van der Waals surface area contributed by atoms with Gasteiger partial charge in [0, 0.05) is 22.1 Å². The Hall–Kier alpha value is -1.30. The third-order valence-corrected chi connectivity index (χ3v) is 6.32. The SMILES string of the molecule is CCCSNC[C@H]1CCc2ccc(S(=O)c3ccccc3)cc2O1. The van der Waals surface area contributed by atoms with Crippen LogP contribution in [-0.2, 0) is 17.2 Å². The standard InChI is InChI=1S/C19H23NO2S2/c1-2-12-23-20-14-16-10-8-15-9-11-18(13-19(15)22-16)24(21)17-6-4-3-5-7-17/h3-7,9,11,13,16,20H,2,8,10,12,14H2,1H3/t16-,24?/m1/s1. The van der Waals surface area contributed by atoms with Gasteiger partial charge in [-0.3, -0.25) is 4.72 Å². The first-order chi connectivity index (χ1) is 11.8. The Kier molecular flexibility index (Phi) is 6.35. The van der Waals surface area contributed by atoms with Gasteiger partial charge in [-0.15, -0.1) is 0 Å². The van der Waals surface area contributed by atoms with Crippen molar-refractivity contribution in [1.29, 1.82) is 0 Å². The molecule has 0 bridgehead atoms. The van der Waals surface area contributed by atoms with Crippen LogP contribution in [-0.4, -0.2) is 22.6 Å². The summed E-state index contributed by atoms with van der Waals surface area (Å²) in [6.45, 7) is 3.02. The minimum atomic E-state index is -1.16. The van der Waals surface area contributed by atoms with Crippen LogP contribution in [0.2, 0.25) is 0 Å². The molecule has 0 fully saturated rings. The summed E-state index contributed by atoms with van der Waals surface area (Å²) in [6, 6.07) is 15.5. The zero-order chi connectivity index (χ0) is 16.8. The molecule has 0 amide bonds. The Morgan fingerprint density at radius 1 is 1.21 bits per heavy atom. The monoisotopic (exact) mass is 361 g/mol. The minimum absolute atomic E-state index is 0.183. The van der Waals surface area contributed by atoms with E-state index in [9.17, 15) is 4.21 Å². The van der Waals surface area contributed by atoms with Gasteiger partial charge < -0.3 is 4.74 Å². The number of rotatable bonds is 7. The van der Waals surface area contributed by atoms with E-state index < -0.39 is 10.8 Å². The van der Waals surface area contributed by atoms with Crippen molar-refractivity contribution in [2.45, 2.75) is 42.1 Å². The predicted molar refractivity (Wildman–Crippen MR) is 101 cm³/mol. The van der Waals surface area contributed by atoms with Gasteiger partial charge in [0.2, 0.25) is 0 Å². The maximum absolute atomic E-state index is 12.7. The zero-order valence-electron chi connectivity index (χ0n) is 13.9. The minimum Gasteiger partial charge on any atom is -0.489 e. The number of hydrogen-bond acceptors (Lipinski definition) is 4. The summed E-state index contributed by atoms with van der Waals surface area (Å²) in [5.74, 6) is 2.00. The summed E-state index contributed by atoms with van der Waals surface area (Å²) in [6.07, 6.45) is 3.38. The van der Waals surface area contributed by atoms with Gasteiger partial charge in [-0.25, -0.2) is 4.21 Å². The summed E-state index contributed by atoms with van der Waals surface area (Å²) in [4.78, 5) is 1.62. The molecular weight excluding hydrogens is 338 g/mol. The number of aryl methyl sites for hydroxylation is 1. The van der Waals surface area contributed by atoms with Crippen molar-refractivity contribution >= 4 is 22.7 Å². The van der Waals surface area contributed by atoms with Gasteiger partial charge in [-0.2, -0.15) is 0 Å². The summed E-state index contributed by atoms with van der Waals surface area (Å²) >= 11 is 1.75. The van der Waals surface area contributed by atoms with Crippen molar-refractivity contribution in [2.24, 2.45) is 0 Å². The number of ether oxygens (including phenoxy) is 1. The van der Waals surface area contributed by atoms with E-state index in [1.54, 1.807) is 11.9 Å². The highest BCUT2D eigenvalue weighted by molar-refractivity contribution is 7.97. The molecule has 1 unspecified atom stereocenters. The molecule has 5 heteroatoms. The van der Waals surface area contributed by atoms with Crippen LogP contribution in [0, 0.1) is 0 Å². The second kappa shape index (κ2) is 8.70. The van der Waals surface area contributed by atoms with Crippen LogP contribution < -0.4 is 9.46 Å². The van der Waals surface area contributed by atoms with E-state index in [2.05, 4.69) is 17.7 Å². The Morgan fingerprint density at radius 3 is 2.83 bits per heavy atom. The molecule has 2 atom stereocenters. The second-order valence-electron chi connectivity index (χ2n) is 5.83. The molecule has 1 aliphatic rings. The molecule has 1 heterocycles. The number of benzene rings is 2. The smallest absolute Gasteiger partial charge is 0.124 e. The average Bonchev–Trinajstić information content (AvgIpc) is 2.65. The molecule has 1 aliphatic heterocycles. The van der Waals surface area contributed by atoms with E-state index in [4.69, 9.17) is 4.74 Å². The lowest BCUT2D eigenvalue weighted by Gasteiger charge is -2.26. The van der Waals surface area contributed by atoms with Crippen LogP contribution in [0.3, 0.4) is 0 Å². The molecule has 0 spiro atoms. The van der Waals surface area contributed by atoms with Crippen molar-refractivity contribution in [3.8, 4) is 5.75 Å². The van der Waals surface area contributed by atoms with Gasteiger partial charge in [0.25, 0.3) is 0 Å². The summed E-state index contributed by atoms with van der Waals surface area (Å²) in [5.41, 5.74) is 1.21. The fourth-order valence-electron chi connectivity index (χ4n) is 2.67. The zero-order valence-corrected chi connectivity index (χ0v) is 15.5. The first kappa shape index (κ1) is 17.5. The predicted octanol–water partition coefficient (Wildman–Crippen LogP) is 4.19. The topological polar surface area (TPSA) is 38.3 Å². The van der Waals surface area contributed by atoms with Crippen LogP contribution >= 0.6 is 11.9 Å². The second-order valence-corrected chi connectivity index (χ2v) is 8.29. The third kappa shape index (κ3) is 4.41. The highest BCUT2D eigenvalue weighted by Gasteiger charge is 2.21. The van der Waals surface area contributed by atoms with E-state index in [1.165, 1.54) is 12.0 Å². The van der Waals surface area contributed by atoms with Crippen LogP contribution in [0.1, 0.15) is 25.3 Å². The van der Waals surface area contributed by atoms with Crippen LogP contribution in [0.4, 0.5) is 0 Å². The quantitative estimate of drug-likeness (QED) is 0.593. The molecule has 3 nitrogen and oxygen atoms in total. The molecule has 0 saturated heterocycles. The molecule has 2 aromatic carbocycles. The Labute approximate surface area is 150 Å². The summed E-state index contributed by atoms with van der Waals surface area (Å²) in [5, 5.41) is 0. The highest BCUT2D eigenvalue weighted by Crippen LogP contribution is 2.31. The molecule has 2 aromatic rings. The van der Waals surface area contributed by atoms with Crippen molar-refractivity contribution in [2.75, 3.05) is 12.3 Å². The largest absolute Gasteiger partial charge is 0.489 e. The lowest BCUT2D eigenvalue weighted by atomic mass is 10.0. The van der Waals surface area contributed by atoms with E-state index in [0.29, 0.717) is 0 Å². The normalized spacial score (nSPS) is 17.8. The van der Waals surface area contributed by atoms with Crippen molar-refractivity contribution in [3.05, 3.63) is 54.1 Å². The van der Waals surface area contributed by atoms with Crippen LogP contribution in [0.5, 0.6) is 5.75 Å². The van der Waals surface area contributed by atoms with Crippen molar-refractivity contribution in [3.63, 3.8) is 0 Å². The molecule has 3 rings (SSSR count). The highest BCUT2D eigenvalue weighted by atomic mass is 32.2. The number of nitrogens with one attached hydrogen (secondary N) is 1. The fourth-order valence-corrected chi connectivity index (χ4v) is 4.41. The van der Waals surface area contributed by atoms with E-state index in [0.717, 1.165) is 40.7 Å². The molecule has 0 aromatic heterocycles. The fraction of sp³-hybridized carbons (Fsp3) is 0.368. The lowest BCUT2D eigenvalue weighted by molar-refractivity contribution is 0.177. The van der Waals surface area contributed by atoms with E-state index in [1.807, 2.05) is 42.5 Å². The maximum atomic E-state index is 12.7. The van der Waals surface area contributed by atoms with Gasteiger partial charge in [0.15, 0.2) is 0 Å². The molecule has 0 radical (unpaired) electrons. The molecule has 0 saturated carbocycles. The van der Waals surface area contributed by atoms with Crippen LogP contribution in [0.15, 0.2) is 58.3 Å². The third-order valence-electron chi connectivity index (χ3n) is 3.96. The van der Waals surface area contributed by atoms with Gasteiger partial charge in [-0.1, -0.05) is 43.1 Å². The first-order valence-corrected chi connectivity index (χ1v) is 10.5. The van der Waals surface area contributed by atoms with E-state index >= 15 is 0 Å². The summed E-state index contributed by atoms with van der Waals surface area (Å²) < 4.78 is 22.2. The summed E-state index contributed by atoms with van der Waals surface area (Å²) in [7, 11) is -1.16. The Bertz CT molecular complexity index is 691. The van der Waals surface area contributed by atoms with Crippen molar-refractivity contribution in [1.82, 2.24) is 4.72 Å². The number of hydrogen-bond donors (Lipinski definition) is 1. The molecule has 24 heavy (non-hydrogen) atoms. The Balaban J connectivity index is 1.68. The van der Waals surface area contributed by atoms with Gasteiger partial charge in [-0.05, 0) is 49.1 Å². The van der Waals surface area contributed by atoms with Gasteiger partial charge in [0.1, 0.15) is 11.9 Å². The average molecular weight is 362 g/mol. The molecular formula is C19H23NO2S2. The van der Waals surface area contributed by atoms with Crippen molar-refractivity contribution < 1.29 is 8.95 Å². The van der Waals surface area contributed by atoms with E-state index in [-0.39, 0.29) is 6.10 Å². The maximum Gasteiger partial charge on any atom is 0.124 e. The number of fused-ring (bicyclic) bond motifs is 1. The van der Waals surface area contributed by atoms with Gasteiger partial charge >= 0.3 is 0 Å². The molecule has 1 N–H and O–H groups in total.